The summed E-state index contributed by atoms with van der Waals surface area (Å²) in [5, 5.41) is 12.0. The Hall–Kier alpha value is 0.919. The van der Waals surface area contributed by atoms with Gasteiger partial charge in [0.15, 0.2) is 0 Å². The molecule has 0 aliphatic carbocycles. The summed E-state index contributed by atoms with van der Waals surface area (Å²) in [6.07, 6.45) is 0. The number of hydrogen-bond acceptors (Lipinski definition) is 3. The molecule has 0 aromatic carbocycles. The first-order valence-electron chi connectivity index (χ1n) is 0.200. The van der Waals surface area contributed by atoms with Crippen molar-refractivity contribution in [2.75, 3.05) is 0 Å². The Morgan fingerprint density at radius 1 is 1.00 bits per heavy atom. The van der Waals surface area contributed by atoms with E-state index in [0.29, 0.717) is 0 Å². The maximum absolute atomic E-state index is 6.00. The average molecular weight is 163 g/mol. The van der Waals surface area contributed by atoms with Gasteiger partial charge in [-0.1, -0.05) is 0 Å². The number of hydrogen-bond donors (Lipinski definition) is 2. The van der Waals surface area contributed by atoms with E-state index in [2.05, 4.69) is 0 Å². The molecule has 0 heterocycles. The molecule has 0 fully saturated rings. The van der Waals surface area contributed by atoms with Crippen LogP contribution in [0.2, 0.25) is 0 Å². The van der Waals surface area contributed by atoms with E-state index in [9.17, 15) is 0 Å². The third kappa shape index (κ3) is 49.6. The molecule has 0 aliphatic rings. The summed E-state index contributed by atoms with van der Waals surface area (Å²) in [5.41, 5.74) is 0. The maximum Gasteiger partial charge on any atom is 3.00 e. The summed E-state index contributed by atoms with van der Waals surface area (Å²) in [6.45, 7) is 0. The van der Waals surface area contributed by atoms with Gasteiger partial charge < -0.3 is 5.48 Å². The Balaban J connectivity index is -0.00000000167. The van der Waals surface area contributed by atoms with Gasteiger partial charge in [0.1, 0.15) is 0 Å². The molecule has 0 bridgehead atoms. The first-order valence-corrected chi connectivity index (χ1v) is 0.200. The van der Waals surface area contributed by atoms with E-state index in [-0.39, 0.29) is 39.6 Å². The largest absolute Gasteiger partial charge is 3.00 e. The van der Waals surface area contributed by atoms with E-state index in [1.807, 2.05) is 0 Å². The fraction of sp³-hybridized carbons (Fsp3) is 0. The van der Waals surface area contributed by atoms with E-state index in [4.69, 9.17) is 10.5 Å². The van der Waals surface area contributed by atoms with Crippen LogP contribution in [0.1, 0.15) is 0 Å². The molecule has 3 nitrogen and oxygen atoms in total. The number of rotatable bonds is 0. The SMILES string of the molecule is OO.[Fe+2].[Fe+3].[OH-]. The van der Waals surface area contributed by atoms with Crippen LogP contribution in [0.15, 0.2) is 0 Å². The second-order valence-electron chi connectivity index (χ2n) is 0. The molecule has 0 aromatic heterocycles. The summed E-state index contributed by atoms with van der Waals surface area (Å²) in [6, 6.07) is 0. The molecule has 0 amide bonds. The van der Waals surface area contributed by atoms with E-state index in [1.54, 1.807) is 0 Å². The van der Waals surface area contributed by atoms with Gasteiger partial charge in [-0.2, -0.15) is 0 Å². The van der Waals surface area contributed by atoms with Crippen molar-refractivity contribution in [2.45, 2.75) is 0 Å². The molecule has 1 radical (unpaired) electrons. The smallest absolute Gasteiger partial charge is 0.870 e. The fourth-order valence-electron chi connectivity index (χ4n) is 0. The zero-order valence-electron chi connectivity index (χ0n) is 2.05. The molecule has 3 N–H and O–H groups in total. The van der Waals surface area contributed by atoms with Gasteiger partial charge in [-0.3, -0.25) is 10.5 Å². The molecule has 5 heavy (non-hydrogen) atoms. The molecule has 0 atom stereocenters. The van der Waals surface area contributed by atoms with Gasteiger partial charge >= 0.3 is 34.1 Å². The predicted molar refractivity (Wildman–Crippen MR) is 7.19 cm³/mol. The quantitative estimate of drug-likeness (QED) is 0.295. The Labute approximate surface area is 50.6 Å². The van der Waals surface area contributed by atoms with Crippen molar-refractivity contribution in [3.8, 4) is 0 Å². The van der Waals surface area contributed by atoms with Gasteiger partial charge in [-0.15, -0.1) is 0 Å². The Bertz CT molecular complexity index is 4.85. The topological polar surface area (TPSA) is 70.5 Å². The summed E-state index contributed by atoms with van der Waals surface area (Å²) >= 11 is 0. The van der Waals surface area contributed by atoms with Crippen LogP contribution in [0.4, 0.5) is 0 Å². The van der Waals surface area contributed by atoms with E-state index < -0.39 is 0 Å². The molecule has 5 heteroatoms. The van der Waals surface area contributed by atoms with Crippen molar-refractivity contribution in [1.82, 2.24) is 0 Å². The normalized spacial score (nSPS) is 1.20. The average Bonchev–Trinajstić information content (AvgIpc) is 1.00. The molecule has 0 unspecified atom stereocenters. The van der Waals surface area contributed by atoms with Crippen molar-refractivity contribution in [3.63, 3.8) is 0 Å². The summed E-state index contributed by atoms with van der Waals surface area (Å²) in [4.78, 5) is 0. The fourth-order valence-corrected chi connectivity index (χ4v) is 0. The van der Waals surface area contributed by atoms with Gasteiger partial charge in [0, 0.05) is 0 Å². The first kappa shape index (κ1) is 38.9. The molecule has 33 valence electrons. The zero-order chi connectivity index (χ0) is 2.00. The minimum absolute atomic E-state index is 0. The first-order chi connectivity index (χ1) is 1.00. The van der Waals surface area contributed by atoms with Gasteiger partial charge in [-0.05, 0) is 0 Å². The van der Waals surface area contributed by atoms with Crippen molar-refractivity contribution in [1.29, 1.82) is 0 Å². The minimum atomic E-state index is 0. The summed E-state index contributed by atoms with van der Waals surface area (Å²) < 4.78 is 0. The van der Waals surface area contributed by atoms with Gasteiger partial charge in [0.05, 0.1) is 0 Å². The monoisotopic (exact) mass is 163 g/mol. The van der Waals surface area contributed by atoms with Crippen molar-refractivity contribution in [3.05, 3.63) is 0 Å². The molecule has 0 rings (SSSR count). The maximum atomic E-state index is 6.00. The van der Waals surface area contributed by atoms with Crippen molar-refractivity contribution in [2.24, 2.45) is 0 Å². The van der Waals surface area contributed by atoms with Crippen molar-refractivity contribution >= 4 is 0 Å². The molecule has 0 aromatic rings. The van der Waals surface area contributed by atoms with E-state index >= 15 is 0 Å². The molecule has 0 saturated heterocycles. The molecular formula is H3Fe2O3+4. The van der Waals surface area contributed by atoms with Crippen LogP contribution in [0.25, 0.3) is 0 Å². The summed E-state index contributed by atoms with van der Waals surface area (Å²) in [7, 11) is 0. The van der Waals surface area contributed by atoms with Gasteiger partial charge in [-0.25, -0.2) is 0 Å². The molecule has 0 spiro atoms. The van der Waals surface area contributed by atoms with Crippen LogP contribution in [0.5, 0.6) is 0 Å². The van der Waals surface area contributed by atoms with Crippen molar-refractivity contribution < 1.29 is 50.1 Å². The zero-order valence-corrected chi connectivity index (χ0v) is 4.26. The van der Waals surface area contributed by atoms with Gasteiger partial charge in [0.25, 0.3) is 0 Å². The third-order valence-electron chi connectivity index (χ3n) is 0. The summed E-state index contributed by atoms with van der Waals surface area (Å²) in [5.74, 6) is 0. The Morgan fingerprint density at radius 3 is 1.00 bits per heavy atom. The van der Waals surface area contributed by atoms with Crippen LogP contribution in [0, 0.1) is 0 Å². The second-order valence-corrected chi connectivity index (χ2v) is 0. The van der Waals surface area contributed by atoms with E-state index in [0.717, 1.165) is 0 Å². The predicted octanol–water partition coefficient (Wildman–Crippen LogP) is -0.164. The standard InChI is InChI=1S/2Fe.H2O2.H2O/c;;1-2;/h;;1-2H;1H2/q+2;+3;;/p-1. The molecular weight excluding hydrogens is 160 g/mol. The Kier molecular flexibility index (Phi) is 696. The van der Waals surface area contributed by atoms with Crippen LogP contribution >= 0.6 is 0 Å². The van der Waals surface area contributed by atoms with Crippen LogP contribution in [-0.2, 0) is 34.1 Å². The van der Waals surface area contributed by atoms with E-state index in [1.165, 1.54) is 0 Å². The molecule has 0 aliphatic heterocycles. The second kappa shape index (κ2) is 89.5. The van der Waals surface area contributed by atoms with Crippen LogP contribution < -0.4 is 0 Å². The minimum Gasteiger partial charge on any atom is -0.870 e. The molecule has 0 saturated carbocycles. The van der Waals surface area contributed by atoms with Crippen LogP contribution in [-0.4, -0.2) is 16.0 Å². The van der Waals surface area contributed by atoms with Crippen LogP contribution in [0.3, 0.4) is 0 Å². The Morgan fingerprint density at radius 2 is 1.00 bits per heavy atom. The van der Waals surface area contributed by atoms with Gasteiger partial charge in [0.2, 0.25) is 0 Å². The third-order valence-corrected chi connectivity index (χ3v) is 0.